The van der Waals surface area contributed by atoms with Gasteiger partial charge in [0.2, 0.25) is 5.96 Å². The van der Waals surface area contributed by atoms with E-state index in [1.165, 1.54) is 22.3 Å². The summed E-state index contributed by atoms with van der Waals surface area (Å²) >= 11 is 0. The molecule has 0 heterocycles. The van der Waals surface area contributed by atoms with Crippen molar-refractivity contribution in [1.82, 2.24) is 0 Å². The maximum absolute atomic E-state index is 5.39. The van der Waals surface area contributed by atoms with E-state index in [1.807, 2.05) is 0 Å². The first-order valence-corrected chi connectivity index (χ1v) is 7.23. The average Bonchev–Trinajstić information content (AvgIpc) is 2.78. The Balaban J connectivity index is 2.61. The standard InChI is InChI=1S/C16H24N4/c1-9(2)11-5-6-12(10(3)4)15-13(11)7-8-14(15)19-20-16(17)18/h5-6,9-10H,7-8H2,1-4H3,(H4,17,18,20). The third kappa shape index (κ3) is 2.69. The molecule has 0 bridgehead atoms. The molecular formula is C16H24N4. The third-order valence-corrected chi connectivity index (χ3v) is 3.81. The average molecular weight is 272 g/mol. The Bertz CT molecular complexity index is 564. The lowest BCUT2D eigenvalue weighted by Gasteiger charge is -2.17. The van der Waals surface area contributed by atoms with Crippen molar-refractivity contribution < 1.29 is 0 Å². The van der Waals surface area contributed by atoms with Crippen molar-refractivity contribution in [3.63, 3.8) is 0 Å². The van der Waals surface area contributed by atoms with Gasteiger partial charge in [-0.05, 0) is 41.4 Å². The SMILES string of the molecule is CC(C)c1ccc(C(C)C)c2c1CCC2=NN=C(N)N. The summed E-state index contributed by atoms with van der Waals surface area (Å²) in [6.45, 7) is 8.88. The summed E-state index contributed by atoms with van der Waals surface area (Å²) in [6.07, 6.45) is 1.94. The molecule has 4 N–H and O–H groups in total. The fourth-order valence-electron chi connectivity index (χ4n) is 2.90. The molecule has 1 aromatic rings. The van der Waals surface area contributed by atoms with E-state index in [0.717, 1.165) is 18.6 Å². The zero-order valence-corrected chi connectivity index (χ0v) is 12.8. The van der Waals surface area contributed by atoms with Crippen molar-refractivity contribution >= 4 is 11.7 Å². The lowest BCUT2D eigenvalue weighted by molar-refractivity contribution is 0.827. The lowest BCUT2D eigenvalue weighted by atomic mass is 9.88. The molecule has 0 aliphatic heterocycles. The van der Waals surface area contributed by atoms with E-state index in [9.17, 15) is 0 Å². The normalized spacial score (nSPS) is 16.0. The highest BCUT2D eigenvalue weighted by Gasteiger charge is 2.26. The van der Waals surface area contributed by atoms with Gasteiger partial charge in [-0.2, -0.15) is 5.10 Å². The highest BCUT2D eigenvalue weighted by Crippen LogP contribution is 2.35. The molecule has 0 fully saturated rings. The third-order valence-electron chi connectivity index (χ3n) is 3.81. The van der Waals surface area contributed by atoms with Crippen molar-refractivity contribution in [3.8, 4) is 0 Å². The monoisotopic (exact) mass is 272 g/mol. The largest absolute Gasteiger partial charge is 0.369 e. The first kappa shape index (κ1) is 14.6. The molecule has 0 amide bonds. The van der Waals surface area contributed by atoms with E-state index in [1.54, 1.807) is 0 Å². The highest BCUT2D eigenvalue weighted by molar-refractivity contribution is 6.06. The number of hydrogen-bond donors (Lipinski definition) is 2. The molecule has 0 radical (unpaired) electrons. The van der Waals surface area contributed by atoms with Crippen molar-refractivity contribution in [3.05, 3.63) is 34.4 Å². The van der Waals surface area contributed by atoms with Crippen molar-refractivity contribution in [2.24, 2.45) is 21.7 Å². The quantitative estimate of drug-likeness (QED) is 0.504. The Morgan fingerprint density at radius 3 is 2.15 bits per heavy atom. The van der Waals surface area contributed by atoms with E-state index in [0.29, 0.717) is 11.8 Å². The second-order valence-electron chi connectivity index (χ2n) is 5.98. The molecule has 0 saturated heterocycles. The predicted molar refractivity (Wildman–Crippen MR) is 85.3 cm³/mol. The number of nitrogens with two attached hydrogens (primary N) is 2. The van der Waals surface area contributed by atoms with E-state index >= 15 is 0 Å². The van der Waals surface area contributed by atoms with Crippen LogP contribution in [0.4, 0.5) is 0 Å². The Labute approximate surface area is 121 Å². The summed E-state index contributed by atoms with van der Waals surface area (Å²) in [6, 6.07) is 4.50. The minimum Gasteiger partial charge on any atom is -0.369 e. The smallest absolute Gasteiger partial charge is 0.211 e. The maximum atomic E-state index is 5.39. The number of hydrogen-bond acceptors (Lipinski definition) is 2. The molecule has 20 heavy (non-hydrogen) atoms. The molecule has 4 nitrogen and oxygen atoms in total. The predicted octanol–water partition coefficient (Wildman–Crippen LogP) is 2.86. The van der Waals surface area contributed by atoms with Gasteiger partial charge in [-0.15, -0.1) is 5.10 Å². The van der Waals surface area contributed by atoms with Crippen LogP contribution >= 0.6 is 0 Å². The fraction of sp³-hybridized carbons (Fsp3) is 0.500. The number of fused-ring (bicyclic) bond motifs is 1. The van der Waals surface area contributed by atoms with Gasteiger partial charge in [-0.25, -0.2) is 0 Å². The summed E-state index contributed by atoms with van der Waals surface area (Å²) in [5.74, 6) is 0.997. The van der Waals surface area contributed by atoms with Crippen LogP contribution in [-0.4, -0.2) is 11.7 Å². The number of guanidine groups is 1. The van der Waals surface area contributed by atoms with Crippen LogP contribution in [0.15, 0.2) is 22.3 Å². The van der Waals surface area contributed by atoms with Crippen LogP contribution < -0.4 is 11.5 Å². The zero-order valence-electron chi connectivity index (χ0n) is 12.8. The second kappa shape index (κ2) is 5.65. The van der Waals surface area contributed by atoms with E-state index in [4.69, 9.17) is 11.5 Å². The molecule has 0 unspecified atom stereocenters. The van der Waals surface area contributed by atoms with Crippen molar-refractivity contribution in [2.75, 3.05) is 0 Å². The molecule has 0 atom stereocenters. The molecule has 0 spiro atoms. The Morgan fingerprint density at radius 1 is 1.00 bits per heavy atom. The van der Waals surface area contributed by atoms with Crippen LogP contribution in [0.5, 0.6) is 0 Å². The second-order valence-corrected chi connectivity index (χ2v) is 5.98. The van der Waals surface area contributed by atoms with Gasteiger partial charge in [0.15, 0.2) is 0 Å². The van der Waals surface area contributed by atoms with Gasteiger partial charge in [0.25, 0.3) is 0 Å². The topological polar surface area (TPSA) is 76.8 Å². The first-order chi connectivity index (χ1) is 9.41. The van der Waals surface area contributed by atoms with Gasteiger partial charge in [0.05, 0.1) is 5.71 Å². The van der Waals surface area contributed by atoms with Gasteiger partial charge in [-0.1, -0.05) is 39.8 Å². The summed E-state index contributed by atoms with van der Waals surface area (Å²) < 4.78 is 0. The van der Waals surface area contributed by atoms with Crippen LogP contribution in [0.25, 0.3) is 0 Å². The number of nitrogens with zero attached hydrogens (tertiary/aromatic N) is 2. The molecule has 4 heteroatoms. The van der Waals surface area contributed by atoms with E-state index in [-0.39, 0.29) is 5.96 Å². The summed E-state index contributed by atoms with van der Waals surface area (Å²) in [7, 11) is 0. The lowest BCUT2D eigenvalue weighted by Crippen LogP contribution is -2.22. The van der Waals surface area contributed by atoms with Crippen LogP contribution in [0.1, 0.15) is 68.2 Å². The molecule has 1 aliphatic rings. The van der Waals surface area contributed by atoms with E-state index < -0.39 is 0 Å². The Hall–Kier alpha value is -1.84. The Kier molecular flexibility index (Phi) is 4.12. The summed E-state index contributed by atoms with van der Waals surface area (Å²) in [4.78, 5) is 0. The van der Waals surface area contributed by atoms with Gasteiger partial charge < -0.3 is 11.5 Å². The Morgan fingerprint density at radius 2 is 1.60 bits per heavy atom. The maximum Gasteiger partial charge on any atom is 0.211 e. The van der Waals surface area contributed by atoms with Gasteiger partial charge in [0, 0.05) is 5.56 Å². The van der Waals surface area contributed by atoms with Gasteiger partial charge >= 0.3 is 0 Å². The molecule has 2 rings (SSSR count). The minimum absolute atomic E-state index is 0.0112. The van der Waals surface area contributed by atoms with E-state index in [2.05, 4.69) is 50.0 Å². The first-order valence-electron chi connectivity index (χ1n) is 7.23. The fourth-order valence-corrected chi connectivity index (χ4v) is 2.90. The molecule has 1 aliphatic carbocycles. The molecule has 0 aromatic heterocycles. The van der Waals surface area contributed by atoms with Crippen molar-refractivity contribution in [1.29, 1.82) is 0 Å². The number of benzene rings is 1. The van der Waals surface area contributed by atoms with Crippen LogP contribution in [0, 0.1) is 0 Å². The summed E-state index contributed by atoms with van der Waals surface area (Å²) in [5.41, 5.74) is 17.2. The van der Waals surface area contributed by atoms with Crippen LogP contribution in [-0.2, 0) is 6.42 Å². The number of rotatable bonds is 3. The molecule has 0 saturated carbocycles. The van der Waals surface area contributed by atoms with Crippen molar-refractivity contribution in [2.45, 2.75) is 52.4 Å². The molecular weight excluding hydrogens is 248 g/mol. The summed E-state index contributed by atoms with van der Waals surface area (Å²) in [5, 5.41) is 8.10. The van der Waals surface area contributed by atoms with Crippen LogP contribution in [0.3, 0.4) is 0 Å². The zero-order chi connectivity index (χ0) is 14.9. The minimum atomic E-state index is 0.0112. The van der Waals surface area contributed by atoms with Crippen LogP contribution in [0.2, 0.25) is 0 Å². The van der Waals surface area contributed by atoms with Gasteiger partial charge in [0.1, 0.15) is 0 Å². The molecule has 1 aromatic carbocycles. The molecule has 108 valence electrons. The van der Waals surface area contributed by atoms with Gasteiger partial charge in [-0.3, -0.25) is 0 Å². The highest BCUT2D eigenvalue weighted by atomic mass is 15.3.